The van der Waals surface area contributed by atoms with E-state index in [1.807, 2.05) is 31.2 Å². The maximum atomic E-state index is 11.3. The molecule has 2 amide bonds. The first-order valence-corrected chi connectivity index (χ1v) is 5.14. The maximum Gasteiger partial charge on any atom is 0.319 e. The van der Waals surface area contributed by atoms with Crippen LogP contribution < -0.4 is 10.6 Å². The van der Waals surface area contributed by atoms with Crippen LogP contribution in [0.2, 0.25) is 0 Å². The molecule has 3 heteroatoms. The Kier molecular flexibility index (Phi) is 3.72. The molecule has 0 aliphatic carbocycles. The monoisotopic (exact) mass is 206 g/mol. The fraction of sp³-hybridized carbons (Fsp3) is 0.417. The molecule has 0 bridgehead atoms. The molecule has 0 fully saturated rings. The van der Waals surface area contributed by atoms with Crippen molar-refractivity contribution in [1.82, 2.24) is 0 Å². The van der Waals surface area contributed by atoms with E-state index in [-0.39, 0.29) is 0 Å². The van der Waals surface area contributed by atoms with Gasteiger partial charge in [-0.2, -0.15) is 0 Å². The van der Waals surface area contributed by atoms with Crippen LogP contribution in [0.5, 0.6) is 0 Å². The van der Waals surface area contributed by atoms with E-state index in [2.05, 4.69) is 13.8 Å². The first-order chi connectivity index (χ1) is 7.00. The van der Waals surface area contributed by atoms with Gasteiger partial charge in [-0.1, -0.05) is 26.0 Å². The number of anilines is 1. The van der Waals surface area contributed by atoms with Crippen LogP contribution in [0.15, 0.2) is 24.3 Å². The summed E-state index contributed by atoms with van der Waals surface area (Å²) in [6.07, 6.45) is 0. The van der Waals surface area contributed by atoms with Gasteiger partial charge in [0.25, 0.3) is 0 Å². The molecule has 82 valence electrons. The topological polar surface area (TPSA) is 46.3 Å². The molecule has 15 heavy (non-hydrogen) atoms. The predicted octanol–water partition coefficient (Wildman–Crippen LogP) is 2.54. The van der Waals surface area contributed by atoms with Crippen LogP contribution in [-0.4, -0.2) is 12.6 Å². The van der Waals surface area contributed by atoms with E-state index in [1.54, 1.807) is 4.90 Å². The van der Waals surface area contributed by atoms with E-state index in [0.717, 1.165) is 11.3 Å². The zero-order chi connectivity index (χ0) is 11.4. The van der Waals surface area contributed by atoms with E-state index >= 15 is 0 Å². The first-order valence-electron chi connectivity index (χ1n) is 5.14. The summed E-state index contributed by atoms with van der Waals surface area (Å²) in [6.45, 7) is 6.77. The highest BCUT2D eigenvalue weighted by atomic mass is 16.2. The number of hydrogen-bond donors (Lipinski definition) is 1. The van der Waals surface area contributed by atoms with E-state index in [1.165, 1.54) is 0 Å². The normalized spacial score (nSPS) is 10.4. The highest BCUT2D eigenvalue weighted by Crippen LogP contribution is 2.16. The van der Waals surface area contributed by atoms with E-state index in [9.17, 15) is 4.79 Å². The average Bonchev–Trinajstić information content (AvgIpc) is 2.13. The predicted molar refractivity (Wildman–Crippen MR) is 62.9 cm³/mol. The number of carbonyl (C=O) groups is 1. The lowest BCUT2D eigenvalue weighted by Gasteiger charge is -2.22. The number of nitrogens with zero attached hydrogens (tertiary/aromatic N) is 1. The summed E-state index contributed by atoms with van der Waals surface area (Å²) in [4.78, 5) is 12.9. The summed E-state index contributed by atoms with van der Waals surface area (Å²) in [7, 11) is 0. The van der Waals surface area contributed by atoms with Gasteiger partial charge >= 0.3 is 6.03 Å². The van der Waals surface area contributed by atoms with Crippen LogP contribution in [0.3, 0.4) is 0 Å². The first kappa shape index (κ1) is 11.6. The number of aryl methyl sites for hydroxylation is 1. The van der Waals surface area contributed by atoms with Gasteiger partial charge in [0.05, 0.1) is 0 Å². The van der Waals surface area contributed by atoms with Gasteiger partial charge in [0.2, 0.25) is 0 Å². The smallest absolute Gasteiger partial charge is 0.319 e. The second-order valence-electron chi connectivity index (χ2n) is 4.18. The summed E-state index contributed by atoms with van der Waals surface area (Å²) >= 11 is 0. The second kappa shape index (κ2) is 4.82. The van der Waals surface area contributed by atoms with Crippen LogP contribution in [0.4, 0.5) is 10.5 Å². The molecule has 3 nitrogen and oxygen atoms in total. The Balaban J connectivity index is 2.94. The molecule has 0 spiro atoms. The van der Waals surface area contributed by atoms with Crippen LogP contribution in [0, 0.1) is 12.8 Å². The van der Waals surface area contributed by atoms with E-state index in [0.29, 0.717) is 12.5 Å². The molecule has 0 aliphatic rings. The molecule has 2 N–H and O–H groups in total. The summed E-state index contributed by atoms with van der Waals surface area (Å²) in [5.74, 6) is 0.401. The molecule has 0 unspecified atom stereocenters. The van der Waals surface area contributed by atoms with Crippen LogP contribution in [0.25, 0.3) is 0 Å². The lowest BCUT2D eigenvalue weighted by molar-refractivity contribution is 0.253. The highest BCUT2D eigenvalue weighted by Gasteiger charge is 2.13. The number of hydrogen-bond acceptors (Lipinski definition) is 1. The van der Waals surface area contributed by atoms with Crippen LogP contribution in [-0.2, 0) is 0 Å². The average molecular weight is 206 g/mol. The lowest BCUT2D eigenvalue weighted by atomic mass is 10.1. The molecule has 0 saturated heterocycles. The fourth-order valence-corrected chi connectivity index (χ4v) is 1.48. The van der Waals surface area contributed by atoms with Gasteiger partial charge in [0, 0.05) is 12.2 Å². The third-order valence-corrected chi connectivity index (χ3v) is 2.13. The Bertz CT molecular complexity index is 347. The second-order valence-corrected chi connectivity index (χ2v) is 4.18. The Morgan fingerprint density at radius 1 is 1.47 bits per heavy atom. The number of benzene rings is 1. The molecule has 0 saturated carbocycles. The van der Waals surface area contributed by atoms with Gasteiger partial charge in [-0.15, -0.1) is 0 Å². The Morgan fingerprint density at radius 2 is 2.13 bits per heavy atom. The van der Waals surface area contributed by atoms with Crippen molar-refractivity contribution in [3.8, 4) is 0 Å². The van der Waals surface area contributed by atoms with Crippen molar-refractivity contribution in [2.24, 2.45) is 11.7 Å². The zero-order valence-electron chi connectivity index (χ0n) is 9.53. The zero-order valence-corrected chi connectivity index (χ0v) is 9.53. The number of amides is 2. The highest BCUT2D eigenvalue weighted by molar-refractivity contribution is 5.90. The standard InChI is InChI=1S/C12H18N2O/c1-9(2)8-14(12(13)15)11-6-4-5-10(3)7-11/h4-7,9H,8H2,1-3H3,(H2,13,15). The van der Waals surface area contributed by atoms with Crippen molar-refractivity contribution in [1.29, 1.82) is 0 Å². The van der Waals surface area contributed by atoms with Crippen molar-refractivity contribution in [3.05, 3.63) is 29.8 Å². The summed E-state index contributed by atoms with van der Waals surface area (Å²) in [5.41, 5.74) is 7.35. The molecule has 1 aromatic carbocycles. The summed E-state index contributed by atoms with van der Waals surface area (Å²) < 4.78 is 0. The Labute approximate surface area is 90.9 Å². The van der Waals surface area contributed by atoms with Crippen molar-refractivity contribution < 1.29 is 4.79 Å². The number of urea groups is 1. The van der Waals surface area contributed by atoms with Crippen molar-refractivity contribution >= 4 is 11.7 Å². The quantitative estimate of drug-likeness (QED) is 0.811. The minimum absolute atomic E-state index is 0.394. The molecule has 0 aromatic heterocycles. The van der Waals surface area contributed by atoms with Crippen molar-refractivity contribution in [3.63, 3.8) is 0 Å². The van der Waals surface area contributed by atoms with Gasteiger partial charge in [-0.25, -0.2) is 4.79 Å². The molecular formula is C12H18N2O. The molecule has 1 aromatic rings. The van der Waals surface area contributed by atoms with E-state index < -0.39 is 6.03 Å². The van der Waals surface area contributed by atoms with Gasteiger partial charge in [0.1, 0.15) is 0 Å². The molecule has 0 radical (unpaired) electrons. The van der Waals surface area contributed by atoms with Crippen molar-refractivity contribution in [2.75, 3.05) is 11.4 Å². The number of nitrogens with two attached hydrogens (primary N) is 1. The molecule has 0 heterocycles. The number of carbonyl (C=O) groups excluding carboxylic acids is 1. The maximum absolute atomic E-state index is 11.3. The largest absolute Gasteiger partial charge is 0.351 e. The van der Waals surface area contributed by atoms with E-state index in [4.69, 9.17) is 5.73 Å². The number of rotatable bonds is 3. The van der Waals surface area contributed by atoms with Gasteiger partial charge in [-0.3, -0.25) is 4.90 Å². The Hall–Kier alpha value is -1.51. The Morgan fingerprint density at radius 3 is 2.60 bits per heavy atom. The third-order valence-electron chi connectivity index (χ3n) is 2.13. The van der Waals surface area contributed by atoms with Gasteiger partial charge < -0.3 is 5.73 Å². The van der Waals surface area contributed by atoms with Gasteiger partial charge in [-0.05, 0) is 30.5 Å². The number of primary amides is 1. The van der Waals surface area contributed by atoms with Crippen molar-refractivity contribution in [2.45, 2.75) is 20.8 Å². The fourth-order valence-electron chi connectivity index (χ4n) is 1.48. The third kappa shape index (κ3) is 3.27. The molecule has 1 rings (SSSR count). The molecule has 0 aliphatic heterocycles. The lowest BCUT2D eigenvalue weighted by Crippen LogP contribution is -2.38. The minimum Gasteiger partial charge on any atom is -0.351 e. The van der Waals surface area contributed by atoms with Gasteiger partial charge in [0.15, 0.2) is 0 Å². The van der Waals surface area contributed by atoms with Crippen LogP contribution >= 0.6 is 0 Å². The summed E-state index contributed by atoms with van der Waals surface area (Å²) in [5, 5.41) is 0. The SMILES string of the molecule is Cc1cccc(N(CC(C)C)C(N)=O)c1. The molecule has 0 atom stereocenters. The van der Waals surface area contributed by atoms with Crippen LogP contribution in [0.1, 0.15) is 19.4 Å². The summed E-state index contributed by atoms with van der Waals surface area (Å²) in [6, 6.07) is 7.40. The minimum atomic E-state index is -0.394. The molecular weight excluding hydrogens is 188 g/mol.